The molecule has 1 amide bonds. The van der Waals surface area contributed by atoms with Crippen molar-refractivity contribution in [1.29, 1.82) is 0 Å². The Morgan fingerprint density at radius 2 is 1.87 bits per heavy atom. The number of para-hydroxylation sites is 1. The average molecular weight is 438 g/mol. The van der Waals surface area contributed by atoms with Gasteiger partial charge >= 0.3 is 6.18 Å². The molecule has 0 fully saturated rings. The van der Waals surface area contributed by atoms with Crippen molar-refractivity contribution in [2.24, 2.45) is 0 Å². The summed E-state index contributed by atoms with van der Waals surface area (Å²) in [5.74, 6) is 0.393. The number of carbonyl (C=O) groups is 1. The van der Waals surface area contributed by atoms with E-state index in [1.54, 1.807) is 35.4 Å². The number of hydrogen-bond acceptors (Lipinski definition) is 4. The highest BCUT2D eigenvalue weighted by Crippen LogP contribution is 2.34. The molecule has 0 saturated heterocycles. The Hall–Kier alpha value is -2.84. The summed E-state index contributed by atoms with van der Waals surface area (Å²) in [6.45, 7) is 2.44. The van der Waals surface area contributed by atoms with Crippen LogP contribution in [0.15, 0.2) is 59.1 Å². The van der Waals surface area contributed by atoms with E-state index >= 15 is 0 Å². The normalized spacial score (nSPS) is 11.7. The summed E-state index contributed by atoms with van der Waals surface area (Å²) in [6, 6.07) is 11.9. The van der Waals surface area contributed by atoms with Gasteiger partial charge in [-0.2, -0.15) is 13.2 Å². The van der Waals surface area contributed by atoms with E-state index in [1.165, 1.54) is 18.2 Å². The fourth-order valence-electron chi connectivity index (χ4n) is 2.83. The number of nitrogens with zero attached hydrogens (tertiary/aromatic N) is 2. The molecule has 30 heavy (non-hydrogen) atoms. The first-order chi connectivity index (χ1) is 14.3. The molecule has 1 heterocycles. The Morgan fingerprint density at radius 3 is 2.53 bits per heavy atom. The molecule has 5 nitrogen and oxygen atoms in total. The van der Waals surface area contributed by atoms with E-state index in [1.807, 2.05) is 6.92 Å². The first kappa shape index (κ1) is 21.9. The zero-order chi connectivity index (χ0) is 21.7. The fraction of sp³-hybridized carbons (Fsp3) is 0.238. The predicted molar refractivity (Wildman–Crippen MR) is 108 cm³/mol. The fourth-order valence-corrected chi connectivity index (χ4v) is 2.96. The quantitative estimate of drug-likeness (QED) is 0.532. The number of hydrogen-bond donors (Lipinski definition) is 1. The molecular formula is C21H19ClF3N3O2. The molecule has 0 radical (unpaired) electrons. The van der Waals surface area contributed by atoms with Crippen molar-refractivity contribution in [2.75, 3.05) is 18.4 Å². The zero-order valence-corrected chi connectivity index (χ0v) is 16.8. The molecule has 0 saturated carbocycles. The van der Waals surface area contributed by atoms with Crippen LogP contribution in [0.1, 0.15) is 18.4 Å². The topological polar surface area (TPSA) is 58.4 Å². The second-order valence-corrected chi connectivity index (χ2v) is 6.96. The largest absolute Gasteiger partial charge is 0.439 e. The highest BCUT2D eigenvalue weighted by atomic mass is 35.5. The maximum Gasteiger partial charge on any atom is 0.418 e. The summed E-state index contributed by atoms with van der Waals surface area (Å²) in [6.07, 6.45) is -2.98. The van der Waals surface area contributed by atoms with Gasteiger partial charge in [0.1, 0.15) is 0 Å². The van der Waals surface area contributed by atoms with Gasteiger partial charge in [0, 0.05) is 10.6 Å². The molecule has 158 valence electrons. The Balaban J connectivity index is 1.64. The second kappa shape index (κ2) is 9.32. The molecule has 1 N–H and O–H groups in total. The number of oxazole rings is 1. The molecule has 0 unspecified atom stereocenters. The Morgan fingerprint density at radius 1 is 1.17 bits per heavy atom. The van der Waals surface area contributed by atoms with Gasteiger partial charge in [0.15, 0.2) is 5.76 Å². The number of halogens is 4. The van der Waals surface area contributed by atoms with Gasteiger partial charge in [-0.05, 0) is 42.9 Å². The Labute approximate surface area is 176 Å². The molecular weight excluding hydrogens is 419 g/mol. The smallest absolute Gasteiger partial charge is 0.418 e. The van der Waals surface area contributed by atoms with Crippen molar-refractivity contribution >= 4 is 23.2 Å². The molecule has 0 aliphatic carbocycles. The first-order valence-corrected chi connectivity index (χ1v) is 9.53. The molecule has 9 heteroatoms. The number of alkyl halides is 3. The van der Waals surface area contributed by atoms with Crippen LogP contribution in [0.25, 0.3) is 11.3 Å². The molecule has 0 spiro atoms. The molecule has 0 aliphatic rings. The van der Waals surface area contributed by atoms with E-state index in [-0.39, 0.29) is 18.8 Å². The van der Waals surface area contributed by atoms with Crippen LogP contribution in [0, 0.1) is 0 Å². The molecule has 3 aromatic rings. The number of benzene rings is 2. The standard InChI is InChI=1S/C21H19ClF3N3O2/c1-2-28(12-19(29)27-17-6-4-3-5-16(17)21(23,24)25)13-20-26-11-18(30-20)14-7-9-15(22)10-8-14/h3-11H,2,12-13H2,1H3,(H,27,29). The molecule has 0 bridgehead atoms. The van der Waals surface area contributed by atoms with Crippen LogP contribution >= 0.6 is 11.6 Å². The van der Waals surface area contributed by atoms with E-state index in [2.05, 4.69) is 10.3 Å². The lowest BCUT2D eigenvalue weighted by molar-refractivity contribution is -0.137. The highest BCUT2D eigenvalue weighted by molar-refractivity contribution is 6.30. The summed E-state index contributed by atoms with van der Waals surface area (Å²) in [4.78, 5) is 18.3. The van der Waals surface area contributed by atoms with Gasteiger partial charge in [0.05, 0.1) is 30.5 Å². The second-order valence-electron chi connectivity index (χ2n) is 6.52. The maximum absolute atomic E-state index is 13.1. The zero-order valence-electron chi connectivity index (χ0n) is 16.0. The van der Waals surface area contributed by atoms with Crippen molar-refractivity contribution in [3.8, 4) is 11.3 Å². The van der Waals surface area contributed by atoms with Crippen LogP contribution in [0.3, 0.4) is 0 Å². The van der Waals surface area contributed by atoms with Crippen LogP contribution in [0.4, 0.5) is 18.9 Å². The van der Waals surface area contributed by atoms with Crippen LogP contribution in [-0.4, -0.2) is 28.9 Å². The van der Waals surface area contributed by atoms with Crippen molar-refractivity contribution in [2.45, 2.75) is 19.6 Å². The molecule has 0 atom stereocenters. The number of carbonyl (C=O) groups excluding carboxylic acids is 1. The summed E-state index contributed by atoms with van der Waals surface area (Å²) in [5.41, 5.74) is -0.350. The van der Waals surface area contributed by atoms with Gasteiger partial charge in [0.25, 0.3) is 0 Å². The lowest BCUT2D eigenvalue weighted by atomic mass is 10.1. The van der Waals surface area contributed by atoms with Gasteiger partial charge in [-0.15, -0.1) is 0 Å². The number of rotatable bonds is 7. The van der Waals surface area contributed by atoms with Crippen LogP contribution in [0.5, 0.6) is 0 Å². The van der Waals surface area contributed by atoms with E-state index in [9.17, 15) is 18.0 Å². The maximum atomic E-state index is 13.1. The van der Waals surface area contributed by atoms with Crippen molar-refractivity contribution in [1.82, 2.24) is 9.88 Å². The van der Waals surface area contributed by atoms with Crippen LogP contribution in [-0.2, 0) is 17.5 Å². The summed E-state index contributed by atoms with van der Waals surface area (Å²) >= 11 is 5.88. The minimum absolute atomic E-state index is 0.110. The van der Waals surface area contributed by atoms with Crippen molar-refractivity contribution in [3.05, 3.63) is 71.2 Å². The van der Waals surface area contributed by atoms with Crippen LogP contribution < -0.4 is 5.32 Å². The predicted octanol–water partition coefficient (Wildman–Crippen LogP) is 5.47. The molecule has 0 aliphatic heterocycles. The van der Waals surface area contributed by atoms with Gasteiger partial charge in [0.2, 0.25) is 11.8 Å². The minimum atomic E-state index is -4.55. The minimum Gasteiger partial charge on any atom is -0.439 e. The highest BCUT2D eigenvalue weighted by Gasteiger charge is 2.33. The van der Waals surface area contributed by atoms with Gasteiger partial charge < -0.3 is 9.73 Å². The lowest BCUT2D eigenvalue weighted by Crippen LogP contribution is -2.33. The monoisotopic (exact) mass is 437 g/mol. The summed E-state index contributed by atoms with van der Waals surface area (Å²) < 4.78 is 45.0. The number of nitrogens with one attached hydrogen (secondary N) is 1. The Bertz CT molecular complexity index is 1000. The third kappa shape index (κ3) is 5.61. The van der Waals surface area contributed by atoms with E-state index in [4.69, 9.17) is 16.0 Å². The summed E-state index contributed by atoms with van der Waals surface area (Å²) in [7, 11) is 0. The van der Waals surface area contributed by atoms with Gasteiger partial charge in [-0.3, -0.25) is 9.69 Å². The van der Waals surface area contributed by atoms with E-state index in [0.29, 0.717) is 23.2 Å². The summed E-state index contributed by atoms with van der Waals surface area (Å²) in [5, 5.41) is 2.95. The number of likely N-dealkylation sites (N-methyl/N-ethyl adjacent to an activating group) is 1. The van der Waals surface area contributed by atoms with Crippen molar-refractivity contribution in [3.63, 3.8) is 0 Å². The van der Waals surface area contributed by atoms with Gasteiger partial charge in [-0.25, -0.2) is 4.98 Å². The Kier molecular flexibility index (Phi) is 6.79. The molecule has 3 rings (SSSR count). The number of amides is 1. The van der Waals surface area contributed by atoms with E-state index in [0.717, 1.165) is 11.6 Å². The molecule has 2 aromatic carbocycles. The first-order valence-electron chi connectivity index (χ1n) is 9.15. The van der Waals surface area contributed by atoms with E-state index < -0.39 is 17.6 Å². The van der Waals surface area contributed by atoms with Crippen LogP contribution in [0.2, 0.25) is 5.02 Å². The van der Waals surface area contributed by atoms with Gasteiger partial charge in [-0.1, -0.05) is 30.7 Å². The molecule has 1 aromatic heterocycles. The average Bonchev–Trinajstić information content (AvgIpc) is 3.16. The SMILES string of the molecule is CCN(CC(=O)Nc1ccccc1C(F)(F)F)Cc1ncc(-c2ccc(Cl)cc2)o1. The number of anilines is 1. The lowest BCUT2D eigenvalue weighted by Gasteiger charge is -2.19. The van der Waals surface area contributed by atoms with Crippen molar-refractivity contribution < 1.29 is 22.4 Å². The number of aromatic nitrogens is 1. The third-order valence-electron chi connectivity index (χ3n) is 4.36. The third-order valence-corrected chi connectivity index (χ3v) is 4.61.